The maximum atomic E-state index is 10.5. The van der Waals surface area contributed by atoms with Crippen molar-refractivity contribution in [3.8, 4) is 0 Å². The van der Waals surface area contributed by atoms with Crippen LogP contribution in [0.25, 0.3) is 0 Å². The molecule has 2 fully saturated rings. The van der Waals surface area contributed by atoms with Crippen LogP contribution in [-0.2, 0) is 0 Å². The molecule has 1 atom stereocenters. The first-order valence-electron chi connectivity index (χ1n) is 7.50. The second-order valence-electron chi connectivity index (χ2n) is 6.53. The Morgan fingerprint density at radius 1 is 1.12 bits per heavy atom. The molecule has 0 saturated heterocycles. The highest BCUT2D eigenvalue weighted by Crippen LogP contribution is 2.37. The third kappa shape index (κ3) is 3.45. The molecule has 2 nitrogen and oxygen atoms in total. The van der Waals surface area contributed by atoms with Crippen LogP contribution in [0.15, 0.2) is 0 Å². The first kappa shape index (κ1) is 13.4. The van der Waals surface area contributed by atoms with Crippen molar-refractivity contribution in [1.82, 2.24) is 0 Å². The smallest absolute Gasteiger partial charge is 0.0905 e. The Balaban J connectivity index is 1.75. The summed E-state index contributed by atoms with van der Waals surface area (Å²) in [6.45, 7) is 2.24. The fourth-order valence-electron chi connectivity index (χ4n) is 3.56. The van der Waals surface area contributed by atoms with Gasteiger partial charge in [0, 0.05) is 0 Å². The summed E-state index contributed by atoms with van der Waals surface area (Å²) >= 11 is 0. The van der Waals surface area contributed by atoms with Gasteiger partial charge in [-0.3, -0.25) is 0 Å². The van der Waals surface area contributed by atoms with E-state index in [1.807, 2.05) is 0 Å². The van der Waals surface area contributed by atoms with Crippen molar-refractivity contribution in [1.29, 1.82) is 0 Å². The SMILES string of the molecule is CC1CCC(O)(C(O)CCC2CCCC2)CC1. The molecule has 100 valence electrons. The van der Waals surface area contributed by atoms with Gasteiger partial charge in [-0.15, -0.1) is 0 Å². The third-order valence-electron chi connectivity index (χ3n) is 5.08. The zero-order valence-electron chi connectivity index (χ0n) is 11.2. The van der Waals surface area contributed by atoms with Crippen molar-refractivity contribution in [2.75, 3.05) is 0 Å². The minimum absolute atomic E-state index is 0.490. The van der Waals surface area contributed by atoms with E-state index in [0.717, 1.165) is 50.4 Å². The van der Waals surface area contributed by atoms with E-state index in [4.69, 9.17) is 0 Å². The number of rotatable bonds is 4. The van der Waals surface area contributed by atoms with Gasteiger partial charge in [0.05, 0.1) is 11.7 Å². The van der Waals surface area contributed by atoms with Crippen molar-refractivity contribution in [2.24, 2.45) is 11.8 Å². The predicted molar refractivity (Wildman–Crippen MR) is 69.8 cm³/mol. The zero-order valence-corrected chi connectivity index (χ0v) is 11.2. The van der Waals surface area contributed by atoms with Crippen molar-refractivity contribution in [3.63, 3.8) is 0 Å². The molecule has 2 aliphatic carbocycles. The molecular weight excluding hydrogens is 212 g/mol. The van der Waals surface area contributed by atoms with Crippen molar-refractivity contribution in [3.05, 3.63) is 0 Å². The van der Waals surface area contributed by atoms with Gasteiger partial charge in [0.15, 0.2) is 0 Å². The summed E-state index contributed by atoms with van der Waals surface area (Å²) in [4.78, 5) is 0. The lowest BCUT2D eigenvalue weighted by Gasteiger charge is -2.38. The van der Waals surface area contributed by atoms with Crippen LogP contribution in [0.5, 0.6) is 0 Å². The average Bonchev–Trinajstić information content (AvgIpc) is 2.83. The Kier molecular flexibility index (Phi) is 4.48. The number of hydrogen-bond acceptors (Lipinski definition) is 2. The maximum absolute atomic E-state index is 10.5. The van der Waals surface area contributed by atoms with Gasteiger partial charge < -0.3 is 10.2 Å². The van der Waals surface area contributed by atoms with Gasteiger partial charge in [-0.2, -0.15) is 0 Å². The zero-order chi connectivity index (χ0) is 12.3. The van der Waals surface area contributed by atoms with Crippen molar-refractivity contribution < 1.29 is 10.2 Å². The van der Waals surface area contributed by atoms with Crippen LogP contribution in [0.3, 0.4) is 0 Å². The number of hydrogen-bond donors (Lipinski definition) is 2. The van der Waals surface area contributed by atoms with E-state index in [-0.39, 0.29) is 0 Å². The van der Waals surface area contributed by atoms with Crippen molar-refractivity contribution >= 4 is 0 Å². The summed E-state index contributed by atoms with van der Waals surface area (Å²) in [5.74, 6) is 1.54. The van der Waals surface area contributed by atoms with Gasteiger partial charge in [-0.25, -0.2) is 0 Å². The van der Waals surface area contributed by atoms with E-state index in [9.17, 15) is 10.2 Å². The minimum atomic E-state index is -0.773. The highest BCUT2D eigenvalue weighted by Gasteiger charge is 2.38. The quantitative estimate of drug-likeness (QED) is 0.792. The first-order chi connectivity index (χ1) is 8.10. The summed E-state index contributed by atoms with van der Waals surface area (Å²) in [6, 6.07) is 0. The fraction of sp³-hybridized carbons (Fsp3) is 1.00. The van der Waals surface area contributed by atoms with Gasteiger partial charge in [-0.05, 0) is 50.4 Å². The maximum Gasteiger partial charge on any atom is 0.0905 e. The molecule has 2 heteroatoms. The van der Waals surface area contributed by atoms with Gasteiger partial charge in [0.1, 0.15) is 0 Å². The predicted octanol–water partition coefficient (Wildman–Crippen LogP) is 3.26. The molecule has 2 aliphatic rings. The summed E-state index contributed by atoms with van der Waals surface area (Å²) in [5.41, 5.74) is -0.773. The number of aliphatic hydroxyl groups excluding tert-OH is 1. The highest BCUT2D eigenvalue weighted by molar-refractivity contribution is 4.91. The Morgan fingerprint density at radius 2 is 1.71 bits per heavy atom. The van der Waals surface area contributed by atoms with Crippen LogP contribution < -0.4 is 0 Å². The van der Waals surface area contributed by atoms with Crippen LogP contribution in [0.4, 0.5) is 0 Å². The molecule has 0 spiro atoms. The lowest BCUT2D eigenvalue weighted by molar-refractivity contribution is -0.107. The standard InChI is InChI=1S/C15H28O2/c1-12-8-10-15(17,11-9-12)14(16)7-6-13-4-2-3-5-13/h12-14,16-17H,2-11H2,1H3. The van der Waals surface area contributed by atoms with Gasteiger partial charge in [0.25, 0.3) is 0 Å². The van der Waals surface area contributed by atoms with Gasteiger partial charge in [-0.1, -0.05) is 32.6 Å². The van der Waals surface area contributed by atoms with Gasteiger partial charge in [0.2, 0.25) is 0 Å². The molecule has 1 unspecified atom stereocenters. The lowest BCUT2D eigenvalue weighted by atomic mass is 9.75. The minimum Gasteiger partial charge on any atom is -0.390 e. The Hall–Kier alpha value is -0.0800. The largest absolute Gasteiger partial charge is 0.390 e. The second-order valence-corrected chi connectivity index (χ2v) is 6.53. The second kappa shape index (κ2) is 5.71. The fourth-order valence-corrected chi connectivity index (χ4v) is 3.56. The third-order valence-corrected chi connectivity index (χ3v) is 5.08. The highest BCUT2D eigenvalue weighted by atomic mass is 16.3. The van der Waals surface area contributed by atoms with Gasteiger partial charge >= 0.3 is 0 Å². The summed E-state index contributed by atoms with van der Waals surface area (Å²) in [7, 11) is 0. The lowest BCUT2D eigenvalue weighted by Crippen LogP contribution is -2.45. The molecule has 0 aromatic rings. The molecule has 0 aromatic heterocycles. The topological polar surface area (TPSA) is 40.5 Å². The monoisotopic (exact) mass is 240 g/mol. The van der Waals surface area contributed by atoms with Crippen molar-refractivity contribution in [2.45, 2.75) is 82.8 Å². The molecule has 2 saturated carbocycles. The van der Waals surface area contributed by atoms with Crippen LogP contribution in [0, 0.1) is 11.8 Å². The summed E-state index contributed by atoms with van der Waals surface area (Å²) in [6.07, 6.45) is 10.5. The summed E-state index contributed by atoms with van der Waals surface area (Å²) in [5, 5.41) is 20.7. The Labute approximate surface area is 105 Å². The normalized spacial score (nSPS) is 37.2. The van der Waals surface area contributed by atoms with E-state index >= 15 is 0 Å². The molecule has 0 aliphatic heterocycles. The Morgan fingerprint density at radius 3 is 2.29 bits per heavy atom. The molecule has 2 rings (SSSR count). The molecular formula is C15H28O2. The molecule has 0 amide bonds. The van der Waals surface area contributed by atoms with E-state index in [0.29, 0.717) is 0 Å². The molecule has 17 heavy (non-hydrogen) atoms. The average molecular weight is 240 g/mol. The summed E-state index contributed by atoms with van der Waals surface area (Å²) < 4.78 is 0. The Bertz CT molecular complexity index is 225. The van der Waals surface area contributed by atoms with Crippen LogP contribution in [0.1, 0.15) is 71.1 Å². The molecule has 2 N–H and O–H groups in total. The van der Waals surface area contributed by atoms with Crippen LogP contribution in [0.2, 0.25) is 0 Å². The molecule has 0 heterocycles. The number of aliphatic hydroxyl groups is 2. The van der Waals surface area contributed by atoms with E-state index in [1.54, 1.807) is 0 Å². The molecule has 0 aromatic carbocycles. The first-order valence-corrected chi connectivity index (χ1v) is 7.50. The van der Waals surface area contributed by atoms with Crippen LogP contribution >= 0.6 is 0 Å². The van der Waals surface area contributed by atoms with Crippen LogP contribution in [-0.4, -0.2) is 21.9 Å². The van der Waals surface area contributed by atoms with E-state index in [1.165, 1.54) is 25.7 Å². The molecule has 0 radical (unpaired) electrons. The molecule has 0 bridgehead atoms. The van der Waals surface area contributed by atoms with E-state index in [2.05, 4.69) is 6.92 Å². The van der Waals surface area contributed by atoms with E-state index < -0.39 is 11.7 Å².